The van der Waals surface area contributed by atoms with E-state index in [0.29, 0.717) is 6.04 Å². The van der Waals surface area contributed by atoms with Crippen molar-refractivity contribution in [1.82, 2.24) is 5.32 Å². The minimum Gasteiger partial charge on any atom is -0.306 e. The van der Waals surface area contributed by atoms with Crippen LogP contribution in [0.25, 0.3) is 0 Å². The molecule has 0 saturated carbocycles. The lowest BCUT2D eigenvalue weighted by Gasteiger charge is -2.18. The van der Waals surface area contributed by atoms with Crippen LogP contribution in [0.2, 0.25) is 5.02 Å². The van der Waals surface area contributed by atoms with E-state index in [0.717, 1.165) is 22.5 Å². The van der Waals surface area contributed by atoms with Crippen LogP contribution in [0.5, 0.6) is 0 Å². The molecule has 1 N–H and O–H groups in total. The lowest BCUT2D eigenvalue weighted by atomic mass is 10.0. The fraction of sp³-hybridized carbons (Fsp3) is 0.294. The number of aryl methyl sites for hydroxylation is 1. The molecule has 2 aromatic rings. The highest BCUT2D eigenvalue weighted by Gasteiger charge is 2.08. The van der Waals surface area contributed by atoms with E-state index >= 15 is 0 Å². The second-order valence-corrected chi connectivity index (χ2v) is 6.26. The van der Waals surface area contributed by atoms with Crippen molar-refractivity contribution in [3.8, 4) is 0 Å². The predicted molar refractivity (Wildman–Crippen MR) is 90.2 cm³/mol. The van der Waals surface area contributed by atoms with E-state index in [9.17, 15) is 0 Å². The normalized spacial score (nSPS) is 12.4. The maximum absolute atomic E-state index is 6.01. The third-order valence-corrected chi connectivity index (χ3v) is 4.64. The molecule has 0 spiro atoms. The number of nitrogens with one attached hydrogen (secondary N) is 1. The smallest absolute Gasteiger partial charge is 0.0548 e. The summed E-state index contributed by atoms with van der Waals surface area (Å²) in [5.74, 6) is 0. The van der Waals surface area contributed by atoms with Crippen LogP contribution in [-0.4, -0.2) is 0 Å². The molecule has 0 bridgehead atoms. The minimum atomic E-state index is 0.380. The van der Waals surface area contributed by atoms with Gasteiger partial charge in [0.05, 0.1) is 5.02 Å². The van der Waals surface area contributed by atoms with E-state index in [1.54, 1.807) is 0 Å². The first-order chi connectivity index (χ1) is 9.60. The molecule has 2 rings (SSSR count). The number of hydrogen-bond acceptors (Lipinski definition) is 1. The molecular formula is C17H19BrClN. The Labute approximate surface area is 134 Å². The number of hydrogen-bond donors (Lipinski definition) is 1. The number of rotatable bonds is 5. The van der Waals surface area contributed by atoms with Gasteiger partial charge in [-0.05, 0) is 52.5 Å². The van der Waals surface area contributed by atoms with Gasteiger partial charge in [-0.3, -0.25) is 0 Å². The average molecular weight is 353 g/mol. The van der Waals surface area contributed by atoms with Crippen molar-refractivity contribution < 1.29 is 0 Å². The Balaban J connectivity index is 2.03. The van der Waals surface area contributed by atoms with Crippen LogP contribution in [-0.2, 0) is 6.54 Å². The first kappa shape index (κ1) is 15.6. The molecule has 1 nitrogen and oxygen atoms in total. The Morgan fingerprint density at radius 2 is 1.85 bits per heavy atom. The van der Waals surface area contributed by atoms with Gasteiger partial charge in [-0.1, -0.05) is 54.4 Å². The van der Waals surface area contributed by atoms with Crippen LogP contribution in [0.15, 0.2) is 46.9 Å². The molecule has 0 aliphatic carbocycles. The quantitative estimate of drug-likeness (QED) is 0.733. The molecule has 0 heterocycles. The standard InChI is InChI=1S/C17H19BrClN/c1-3-17(14-7-4-12(2)5-8-14)20-11-13-6-9-16(19)15(18)10-13/h4-10,17,20H,3,11H2,1-2H3. The molecule has 3 heteroatoms. The van der Waals surface area contributed by atoms with E-state index in [4.69, 9.17) is 11.6 Å². The Hall–Kier alpha value is -0.830. The molecule has 0 aromatic heterocycles. The van der Waals surface area contributed by atoms with Crippen LogP contribution in [0.3, 0.4) is 0 Å². The van der Waals surface area contributed by atoms with Gasteiger partial charge in [-0.25, -0.2) is 0 Å². The Morgan fingerprint density at radius 1 is 1.15 bits per heavy atom. The topological polar surface area (TPSA) is 12.0 Å². The number of benzene rings is 2. The summed E-state index contributed by atoms with van der Waals surface area (Å²) in [6, 6.07) is 15.2. The monoisotopic (exact) mass is 351 g/mol. The molecule has 106 valence electrons. The zero-order valence-electron chi connectivity index (χ0n) is 11.8. The van der Waals surface area contributed by atoms with Crippen LogP contribution >= 0.6 is 27.5 Å². The maximum atomic E-state index is 6.01. The predicted octanol–water partition coefficient (Wildman–Crippen LogP) is 5.65. The Morgan fingerprint density at radius 3 is 2.45 bits per heavy atom. The molecule has 0 saturated heterocycles. The van der Waals surface area contributed by atoms with Gasteiger partial charge in [0.25, 0.3) is 0 Å². The van der Waals surface area contributed by atoms with Crippen molar-refractivity contribution in [1.29, 1.82) is 0 Å². The molecule has 2 aromatic carbocycles. The van der Waals surface area contributed by atoms with Gasteiger partial charge in [0.1, 0.15) is 0 Å². The zero-order valence-corrected chi connectivity index (χ0v) is 14.1. The van der Waals surface area contributed by atoms with Crippen molar-refractivity contribution in [2.75, 3.05) is 0 Å². The van der Waals surface area contributed by atoms with Gasteiger partial charge in [-0.15, -0.1) is 0 Å². The summed E-state index contributed by atoms with van der Waals surface area (Å²) in [5.41, 5.74) is 3.86. The van der Waals surface area contributed by atoms with Gasteiger partial charge in [-0.2, -0.15) is 0 Å². The summed E-state index contributed by atoms with van der Waals surface area (Å²) in [4.78, 5) is 0. The molecule has 1 atom stereocenters. The highest BCUT2D eigenvalue weighted by atomic mass is 79.9. The summed E-state index contributed by atoms with van der Waals surface area (Å²) < 4.78 is 0.946. The van der Waals surface area contributed by atoms with E-state index < -0.39 is 0 Å². The lowest BCUT2D eigenvalue weighted by molar-refractivity contribution is 0.519. The van der Waals surface area contributed by atoms with Crippen LogP contribution in [0, 0.1) is 6.92 Å². The summed E-state index contributed by atoms with van der Waals surface area (Å²) in [6.07, 6.45) is 1.07. The van der Waals surface area contributed by atoms with Crippen LogP contribution in [0.4, 0.5) is 0 Å². The molecule has 0 aliphatic rings. The van der Waals surface area contributed by atoms with Crippen molar-refractivity contribution in [2.24, 2.45) is 0 Å². The summed E-state index contributed by atoms with van der Waals surface area (Å²) in [7, 11) is 0. The summed E-state index contributed by atoms with van der Waals surface area (Å²) >= 11 is 9.48. The molecule has 20 heavy (non-hydrogen) atoms. The summed E-state index contributed by atoms with van der Waals surface area (Å²) in [5, 5.41) is 4.35. The van der Waals surface area contributed by atoms with E-state index in [-0.39, 0.29) is 0 Å². The fourth-order valence-electron chi connectivity index (χ4n) is 2.19. The zero-order chi connectivity index (χ0) is 14.5. The molecule has 1 unspecified atom stereocenters. The van der Waals surface area contributed by atoms with Gasteiger partial charge in [0.15, 0.2) is 0 Å². The van der Waals surface area contributed by atoms with E-state index in [1.807, 2.05) is 6.07 Å². The van der Waals surface area contributed by atoms with Crippen LogP contribution < -0.4 is 5.32 Å². The van der Waals surface area contributed by atoms with Crippen LogP contribution in [0.1, 0.15) is 36.1 Å². The summed E-state index contributed by atoms with van der Waals surface area (Å²) in [6.45, 7) is 5.15. The highest BCUT2D eigenvalue weighted by molar-refractivity contribution is 9.10. The molecular weight excluding hydrogens is 334 g/mol. The molecule has 0 amide bonds. The van der Waals surface area contributed by atoms with E-state index in [1.165, 1.54) is 16.7 Å². The number of halogens is 2. The average Bonchev–Trinajstić information content (AvgIpc) is 2.45. The molecule has 0 fully saturated rings. The Kier molecular flexibility index (Phi) is 5.64. The molecule has 0 aliphatic heterocycles. The lowest BCUT2D eigenvalue weighted by Crippen LogP contribution is -2.20. The minimum absolute atomic E-state index is 0.380. The van der Waals surface area contributed by atoms with Gasteiger partial charge in [0.2, 0.25) is 0 Å². The highest BCUT2D eigenvalue weighted by Crippen LogP contribution is 2.24. The maximum Gasteiger partial charge on any atom is 0.0548 e. The van der Waals surface area contributed by atoms with Crippen molar-refractivity contribution in [2.45, 2.75) is 32.9 Å². The second kappa shape index (κ2) is 7.26. The second-order valence-electron chi connectivity index (χ2n) is 5.00. The fourth-order valence-corrected chi connectivity index (χ4v) is 2.73. The third-order valence-electron chi connectivity index (χ3n) is 3.42. The molecule has 0 radical (unpaired) electrons. The van der Waals surface area contributed by atoms with Crippen molar-refractivity contribution in [3.63, 3.8) is 0 Å². The van der Waals surface area contributed by atoms with Crippen molar-refractivity contribution in [3.05, 3.63) is 68.7 Å². The van der Waals surface area contributed by atoms with E-state index in [2.05, 4.69) is 71.5 Å². The SMILES string of the molecule is CCC(NCc1ccc(Cl)c(Br)c1)c1ccc(C)cc1. The largest absolute Gasteiger partial charge is 0.306 e. The van der Waals surface area contributed by atoms with Gasteiger partial charge < -0.3 is 5.32 Å². The Bertz CT molecular complexity index is 566. The first-order valence-corrected chi connectivity index (χ1v) is 8.01. The first-order valence-electron chi connectivity index (χ1n) is 6.84. The third kappa shape index (κ3) is 4.08. The van der Waals surface area contributed by atoms with Gasteiger partial charge in [0, 0.05) is 17.1 Å². The van der Waals surface area contributed by atoms with Gasteiger partial charge >= 0.3 is 0 Å². The van der Waals surface area contributed by atoms with Crippen molar-refractivity contribution >= 4 is 27.5 Å².